The first kappa shape index (κ1) is 24.7. The van der Waals surface area contributed by atoms with E-state index < -0.39 is 10.1 Å². The molecule has 4 aromatic rings. The second-order valence-corrected chi connectivity index (χ2v) is 11.2. The standard InChI is InChI=1S/C27H23Cl2N3O3S/c28-24-12-9-18(15-25(24)29)23-14-19-16-30-27(32-26(19)22-6-2-1-5-21(22)23)31-20-10-7-17(8-11-20)4-3-13-36(33,34)35/h1-2,5-12,15-16,23H,3-4,13-14H2,(H,30,31,32)(H,33,34,35). The van der Waals surface area contributed by atoms with Crippen LogP contribution in [0, 0.1) is 0 Å². The van der Waals surface area contributed by atoms with E-state index in [0.29, 0.717) is 28.8 Å². The van der Waals surface area contributed by atoms with Crippen molar-refractivity contribution in [3.63, 3.8) is 0 Å². The van der Waals surface area contributed by atoms with Gasteiger partial charge in [-0.25, -0.2) is 9.97 Å². The Morgan fingerprint density at radius 1 is 1.00 bits per heavy atom. The summed E-state index contributed by atoms with van der Waals surface area (Å²) in [6.07, 6.45) is 3.55. The third-order valence-electron chi connectivity index (χ3n) is 6.30. The van der Waals surface area contributed by atoms with Crippen molar-refractivity contribution in [1.82, 2.24) is 9.97 Å². The lowest BCUT2D eigenvalue weighted by Crippen LogP contribution is -2.15. The Labute approximate surface area is 220 Å². The smallest absolute Gasteiger partial charge is 0.264 e. The second kappa shape index (κ2) is 10.2. The minimum absolute atomic E-state index is 0.124. The SMILES string of the molecule is O=S(=O)(O)CCCc1ccc(Nc2ncc3c(n2)-c2ccccc2C(c2ccc(Cl)c(Cl)c2)C3)cc1. The van der Waals surface area contributed by atoms with E-state index in [1.165, 1.54) is 5.56 Å². The maximum Gasteiger partial charge on any atom is 0.264 e. The van der Waals surface area contributed by atoms with Gasteiger partial charge in [-0.1, -0.05) is 65.7 Å². The predicted octanol–water partition coefficient (Wildman–Crippen LogP) is 6.70. The van der Waals surface area contributed by atoms with Crippen molar-refractivity contribution in [2.45, 2.75) is 25.2 Å². The van der Waals surface area contributed by atoms with E-state index in [-0.39, 0.29) is 11.7 Å². The van der Waals surface area contributed by atoms with Gasteiger partial charge in [-0.3, -0.25) is 4.55 Å². The summed E-state index contributed by atoms with van der Waals surface area (Å²) in [5.74, 6) is 0.374. The molecule has 1 aliphatic rings. The Hall–Kier alpha value is -2.97. The van der Waals surface area contributed by atoms with E-state index in [1.807, 2.05) is 60.8 Å². The average Bonchev–Trinajstić information content (AvgIpc) is 2.86. The number of nitrogens with one attached hydrogen (secondary N) is 1. The largest absolute Gasteiger partial charge is 0.324 e. The first-order chi connectivity index (χ1) is 17.3. The van der Waals surface area contributed by atoms with Gasteiger partial charge in [-0.05, 0) is 65.8 Å². The zero-order valence-electron chi connectivity index (χ0n) is 19.2. The Balaban J connectivity index is 1.37. The Bertz CT molecular complexity index is 1530. The van der Waals surface area contributed by atoms with Gasteiger partial charge >= 0.3 is 0 Å². The zero-order chi connectivity index (χ0) is 25.3. The predicted molar refractivity (Wildman–Crippen MR) is 144 cm³/mol. The molecule has 184 valence electrons. The Morgan fingerprint density at radius 3 is 2.53 bits per heavy atom. The molecule has 1 atom stereocenters. The summed E-state index contributed by atoms with van der Waals surface area (Å²) < 4.78 is 30.7. The van der Waals surface area contributed by atoms with Crippen molar-refractivity contribution in [3.8, 4) is 11.3 Å². The summed E-state index contributed by atoms with van der Waals surface area (Å²) in [4.78, 5) is 9.40. The normalized spacial score (nSPS) is 14.7. The molecule has 0 fully saturated rings. The number of nitrogens with zero attached hydrogens (tertiary/aromatic N) is 2. The maximum absolute atomic E-state index is 10.9. The fraction of sp³-hybridized carbons (Fsp3) is 0.185. The molecule has 0 aliphatic heterocycles. The van der Waals surface area contributed by atoms with Crippen LogP contribution in [0.4, 0.5) is 11.6 Å². The number of halogens is 2. The maximum atomic E-state index is 10.9. The second-order valence-electron chi connectivity index (χ2n) is 8.80. The summed E-state index contributed by atoms with van der Waals surface area (Å²) in [5, 5.41) is 4.34. The topological polar surface area (TPSA) is 92.2 Å². The molecule has 1 heterocycles. The Morgan fingerprint density at radius 2 is 1.78 bits per heavy atom. The molecule has 2 N–H and O–H groups in total. The van der Waals surface area contributed by atoms with Crippen LogP contribution in [0.2, 0.25) is 10.0 Å². The van der Waals surface area contributed by atoms with Crippen molar-refractivity contribution in [1.29, 1.82) is 0 Å². The van der Waals surface area contributed by atoms with Gasteiger partial charge in [0.05, 0.1) is 21.5 Å². The molecule has 9 heteroatoms. The fourth-order valence-corrected chi connectivity index (χ4v) is 5.38. The number of rotatable bonds is 7. The van der Waals surface area contributed by atoms with E-state index in [9.17, 15) is 8.42 Å². The van der Waals surface area contributed by atoms with Gasteiger partial charge in [-0.15, -0.1) is 0 Å². The molecule has 0 spiro atoms. The molecule has 0 amide bonds. The van der Waals surface area contributed by atoms with Gasteiger partial charge in [0.2, 0.25) is 5.95 Å². The molecule has 5 rings (SSSR count). The highest BCUT2D eigenvalue weighted by Gasteiger charge is 2.27. The van der Waals surface area contributed by atoms with E-state index in [2.05, 4.69) is 22.4 Å². The highest BCUT2D eigenvalue weighted by atomic mass is 35.5. The molecule has 1 unspecified atom stereocenters. The van der Waals surface area contributed by atoms with E-state index in [4.69, 9.17) is 32.7 Å². The van der Waals surface area contributed by atoms with Crippen molar-refractivity contribution in [3.05, 3.63) is 105 Å². The van der Waals surface area contributed by atoms with Crippen molar-refractivity contribution in [2.75, 3.05) is 11.1 Å². The number of anilines is 2. The summed E-state index contributed by atoms with van der Waals surface area (Å²) >= 11 is 12.5. The molecule has 0 saturated carbocycles. The molecule has 6 nitrogen and oxygen atoms in total. The first-order valence-electron chi connectivity index (χ1n) is 11.5. The van der Waals surface area contributed by atoms with Crippen molar-refractivity contribution < 1.29 is 13.0 Å². The summed E-state index contributed by atoms with van der Waals surface area (Å²) in [6.45, 7) is 0. The van der Waals surface area contributed by atoms with Crippen LogP contribution in [0.1, 0.15) is 34.6 Å². The third-order valence-corrected chi connectivity index (χ3v) is 7.85. The summed E-state index contributed by atoms with van der Waals surface area (Å²) in [5.41, 5.74) is 7.12. The van der Waals surface area contributed by atoms with Gasteiger partial charge in [0.25, 0.3) is 10.1 Å². The van der Waals surface area contributed by atoms with E-state index in [1.54, 1.807) is 0 Å². The number of fused-ring (bicyclic) bond motifs is 3. The molecule has 0 radical (unpaired) electrons. The molecular weight excluding hydrogens is 517 g/mol. The minimum atomic E-state index is -3.94. The van der Waals surface area contributed by atoms with Gasteiger partial charge in [0.1, 0.15) is 0 Å². The van der Waals surface area contributed by atoms with Gasteiger partial charge in [0, 0.05) is 23.4 Å². The van der Waals surface area contributed by atoms with Crippen LogP contribution in [0.15, 0.2) is 72.9 Å². The quantitative estimate of drug-likeness (QED) is 0.254. The highest BCUT2D eigenvalue weighted by molar-refractivity contribution is 7.85. The van der Waals surface area contributed by atoms with Crippen LogP contribution in [-0.4, -0.2) is 28.7 Å². The van der Waals surface area contributed by atoms with Crippen LogP contribution >= 0.6 is 23.2 Å². The molecule has 1 aromatic heterocycles. The van der Waals surface area contributed by atoms with Crippen LogP contribution < -0.4 is 5.32 Å². The molecule has 3 aromatic carbocycles. The van der Waals surface area contributed by atoms with Gasteiger partial charge in [-0.2, -0.15) is 8.42 Å². The highest BCUT2D eigenvalue weighted by Crippen LogP contribution is 2.43. The number of benzene rings is 3. The monoisotopic (exact) mass is 539 g/mol. The molecule has 36 heavy (non-hydrogen) atoms. The van der Waals surface area contributed by atoms with E-state index in [0.717, 1.165) is 40.1 Å². The van der Waals surface area contributed by atoms with E-state index >= 15 is 0 Å². The average molecular weight is 540 g/mol. The molecule has 1 aliphatic carbocycles. The van der Waals surface area contributed by atoms with Crippen molar-refractivity contribution in [2.24, 2.45) is 0 Å². The number of aryl methyl sites for hydroxylation is 1. The number of aromatic nitrogens is 2. The Kier molecular flexibility index (Phi) is 6.99. The summed E-state index contributed by atoms with van der Waals surface area (Å²) in [7, 11) is -3.94. The van der Waals surface area contributed by atoms with Crippen LogP contribution in [0.25, 0.3) is 11.3 Å². The lowest BCUT2D eigenvalue weighted by molar-refractivity contribution is 0.481. The van der Waals surface area contributed by atoms with Crippen LogP contribution in [0.5, 0.6) is 0 Å². The molecule has 0 saturated heterocycles. The fourth-order valence-electron chi connectivity index (χ4n) is 4.57. The third kappa shape index (κ3) is 5.55. The number of hydrogen-bond donors (Lipinski definition) is 2. The van der Waals surface area contributed by atoms with Crippen LogP contribution in [-0.2, 0) is 23.0 Å². The number of hydrogen-bond acceptors (Lipinski definition) is 5. The van der Waals surface area contributed by atoms with Gasteiger partial charge < -0.3 is 5.32 Å². The lowest BCUT2D eigenvalue weighted by Gasteiger charge is -2.27. The zero-order valence-corrected chi connectivity index (χ0v) is 21.5. The molecule has 0 bridgehead atoms. The summed E-state index contributed by atoms with van der Waals surface area (Å²) in [6, 6.07) is 21.7. The van der Waals surface area contributed by atoms with Gasteiger partial charge in [0.15, 0.2) is 0 Å². The first-order valence-corrected chi connectivity index (χ1v) is 13.8. The van der Waals surface area contributed by atoms with Crippen LogP contribution in [0.3, 0.4) is 0 Å². The molecular formula is C27H23Cl2N3O3S. The van der Waals surface area contributed by atoms with Crippen molar-refractivity contribution >= 4 is 45.0 Å². The minimum Gasteiger partial charge on any atom is -0.324 e. The lowest BCUT2D eigenvalue weighted by atomic mass is 9.78.